The van der Waals surface area contributed by atoms with Gasteiger partial charge in [-0.1, -0.05) is 18.2 Å². The number of primary sulfonamides is 1. The number of benzene rings is 2. The van der Waals surface area contributed by atoms with Gasteiger partial charge in [0, 0.05) is 31.9 Å². The molecule has 24 heavy (non-hydrogen) atoms. The molecule has 6 nitrogen and oxygen atoms in total. The van der Waals surface area contributed by atoms with E-state index in [9.17, 15) is 8.42 Å². The molecule has 0 saturated carbocycles. The average molecular weight is 344 g/mol. The van der Waals surface area contributed by atoms with Crippen LogP contribution in [0.25, 0.3) is 0 Å². The van der Waals surface area contributed by atoms with Crippen molar-refractivity contribution in [3.8, 4) is 6.07 Å². The van der Waals surface area contributed by atoms with E-state index in [1.165, 1.54) is 17.8 Å². The van der Waals surface area contributed by atoms with Crippen molar-refractivity contribution < 1.29 is 8.42 Å². The van der Waals surface area contributed by atoms with Crippen molar-refractivity contribution >= 4 is 15.7 Å². The highest BCUT2D eigenvalue weighted by Gasteiger charge is 2.09. The van der Waals surface area contributed by atoms with Crippen LogP contribution in [-0.2, 0) is 10.0 Å². The predicted octanol–water partition coefficient (Wildman–Crippen LogP) is 1.30. The van der Waals surface area contributed by atoms with Crippen molar-refractivity contribution in [1.82, 2.24) is 5.32 Å². The monoisotopic (exact) mass is 344 g/mol. The minimum absolute atomic E-state index is 0.148. The van der Waals surface area contributed by atoms with Crippen molar-refractivity contribution in [2.75, 3.05) is 31.1 Å². The Hall–Kier alpha value is -2.40. The van der Waals surface area contributed by atoms with Crippen molar-refractivity contribution in [1.29, 1.82) is 5.26 Å². The molecule has 0 radical (unpaired) electrons. The minimum Gasteiger partial charge on any atom is -0.369 e. The van der Waals surface area contributed by atoms with Crippen LogP contribution in [-0.4, -0.2) is 34.6 Å². The van der Waals surface area contributed by atoms with Crippen LogP contribution in [0.5, 0.6) is 0 Å². The van der Waals surface area contributed by atoms with E-state index < -0.39 is 10.0 Å². The van der Waals surface area contributed by atoms with Crippen molar-refractivity contribution in [3.05, 3.63) is 60.2 Å². The molecule has 0 spiro atoms. The molecule has 3 N–H and O–H groups in total. The van der Waals surface area contributed by atoms with Crippen LogP contribution in [0.2, 0.25) is 0 Å². The Morgan fingerprint density at radius 3 is 2.04 bits per heavy atom. The van der Waals surface area contributed by atoms with E-state index in [-0.39, 0.29) is 4.90 Å². The molecule has 7 heteroatoms. The summed E-state index contributed by atoms with van der Waals surface area (Å²) in [4.78, 5) is 2.48. The second kappa shape index (κ2) is 8.45. The van der Waals surface area contributed by atoms with Gasteiger partial charge in [-0.05, 0) is 36.4 Å². The predicted molar refractivity (Wildman–Crippen MR) is 94.1 cm³/mol. The Balaban J connectivity index is 0.000000185. The van der Waals surface area contributed by atoms with Crippen LogP contribution in [0, 0.1) is 11.3 Å². The molecule has 0 atom stereocenters. The average Bonchev–Trinajstić information content (AvgIpc) is 2.63. The van der Waals surface area contributed by atoms with Crippen LogP contribution in [0.3, 0.4) is 0 Å². The summed E-state index contributed by atoms with van der Waals surface area (Å²) in [5, 5.41) is 16.8. The smallest absolute Gasteiger partial charge is 0.238 e. The van der Waals surface area contributed by atoms with Gasteiger partial charge in [0.2, 0.25) is 10.0 Å². The van der Waals surface area contributed by atoms with E-state index in [1.54, 1.807) is 18.2 Å². The van der Waals surface area contributed by atoms with E-state index in [1.807, 2.05) is 24.3 Å². The lowest BCUT2D eigenvalue weighted by Crippen LogP contribution is -2.43. The van der Waals surface area contributed by atoms with Crippen molar-refractivity contribution in [2.45, 2.75) is 4.90 Å². The fraction of sp³-hybridized carbons (Fsp3) is 0.235. The highest BCUT2D eigenvalue weighted by molar-refractivity contribution is 7.89. The summed E-state index contributed by atoms with van der Waals surface area (Å²) in [7, 11) is -3.50. The lowest BCUT2D eigenvalue weighted by atomic mass is 10.2. The molecule has 1 heterocycles. The number of nitriles is 1. The van der Waals surface area contributed by atoms with Gasteiger partial charge < -0.3 is 10.2 Å². The highest BCUT2D eigenvalue weighted by Crippen LogP contribution is 2.15. The fourth-order valence-corrected chi connectivity index (χ4v) is 2.82. The maximum Gasteiger partial charge on any atom is 0.238 e. The molecule has 1 fully saturated rings. The lowest BCUT2D eigenvalue weighted by Gasteiger charge is -2.29. The number of rotatable bonds is 2. The number of hydrogen-bond acceptors (Lipinski definition) is 5. The molecule has 1 aliphatic rings. The zero-order valence-corrected chi connectivity index (χ0v) is 14.0. The fourth-order valence-electron chi connectivity index (χ4n) is 2.28. The molecule has 1 aliphatic heterocycles. The molecule has 0 bridgehead atoms. The van der Waals surface area contributed by atoms with Gasteiger partial charge in [0.05, 0.1) is 16.5 Å². The molecule has 2 aromatic rings. The minimum atomic E-state index is -3.50. The number of anilines is 1. The number of hydrogen-bond donors (Lipinski definition) is 2. The second-order valence-electron chi connectivity index (χ2n) is 5.25. The molecule has 0 aromatic heterocycles. The van der Waals surface area contributed by atoms with E-state index in [0.29, 0.717) is 0 Å². The van der Waals surface area contributed by atoms with Gasteiger partial charge >= 0.3 is 0 Å². The van der Waals surface area contributed by atoms with Gasteiger partial charge in [0.25, 0.3) is 0 Å². The van der Waals surface area contributed by atoms with Crippen molar-refractivity contribution in [2.24, 2.45) is 5.14 Å². The summed E-state index contributed by atoms with van der Waals surface area (Å²) in [6.07, 6.45) is 0. The molecule has 2 aromatic carbocycles. The quantitative estimate of drug-likeness (QED) is 0.855. The van der Waals surface area contributed by atoms with E-state index in [4.69, 9.17) is 10.4 Å². The van der Waals surface area contributed by atoms with Gasteiger partial charge in [0.15, 0.2) is 0 Å². The summed E-state index contributed by atoms with van der Waals surface area (Å²) >= 11 is 0. The van der Waals surface area contributed by atoms with Gasteiger partial charge in [-0.2, -0.15) is 5.26 Å². The molecule has 1 saturated heterocycles. The van der Waals surface area contributed by atoms with Crippen molar-refractivity contribution in [3.63, 3.8) is 0 Å². The Kier molecular flexibility index (Phi) is 6.32. The Morgan fingerprint density at radius 1 is 1.00 bits per heavy atom. The molecule has 0 unspecified atom stereocenters. The highest BCUT2D eigenvalue weighted by atomic mass is 32.2. The topological polar surface area (TPSA) is 99.2 Å². The molecular weight excluding hydrogens is 324 g/mol. The SMILES string of the molecule is N#Cc1ccc(N2CCNCC2)cc1.NS(=O)(=O)c1ccccc1. The van der Waals surface area contributed by atoms with Crippen LogP contribution in [0.4, 0.5) is 5.69 Å². The summed E-state index contributed by atoms with van der Waals surface area (Å²) < 4.78 is 21.2. The van der Waals surface area contributed by atoms with E-state index in [2.05, 4.69) is 16.3 Å². The first-order chi connectivity index (χ1) is 11.5. The lowest BCUT2D eigenvalue weighted by molar-refractivity contribution is 0.589. The largest absolute Gasteiger partial charge is 0.369 e. The maximum absolute atomic E-state index is 10.6. The zero-order valence-electron chi connectivity index (χ0n) is 13.2. The van der Waals surface area contributed by atoms with Crippen LogP contribution < -0.4 is 15.4 Å². The Bertz CT molecular complexity index is 778. The third kappa shape index (κ3) is 5.35. The second-order valence-corrected chi connectivity index (χ2v) is 6.82. The molecule has 0 amide bonds. The number of nitrogens with two attached hydrogens (primary N) is 1. The maximum atomic E-state index is 10.6. The summed E-state index contributed by atoms with van der Waals surface area (Å²) in [5.41, 5.74) is 1.94. The third-order valence-corrected chi connectivity index (χ3v) is 4.48. The van der Waals surface area contributed by atoms with Crippen LogP contribution >= 0.6 is 0 Å². The van der Waals surface area contributed by atoms with Crippen LogP contribution in [0.15, 0.2) is 59.5 Å². The Labute approximate surface area is 142 Å². The number of piperazine rings is 1. The number of sulfonamides is 1. The molecule has 3 rings (SSSR count). The van der Waals surface area contributed by atoms with Crippen LogP contribution in [0.1, 0.15) is 5.56 Å². The zero-order chi connectivity index (χ0) is 17.4. The van der Waals surface area contributed by atoms with Gasteiger partial charge in [-0.3, -0.25) is 0 Å². The third-order valence-electron chi connectivity index (χ3n) is 3.55. The first-order valence-corrected chi connectivity index (χ1v) is 9.09. The summed E-state index contributed by atoms with van der Waals surface area (Å²) in [6.45, 7) is 4.18. The van der Waals surface area contributed by atoms with E-state index >= 15 is 0 Å². The first-order valence-electron chi connectivity index (χ1n) is 7.54. The molecule has 0 aliphatic carbocycles. The van der Waals surface area contributed by atoms with E-state index in [0.717, 1.165) is 31.7 Å². The normalized spacial score (nSPS) is 14.2. The van der Waals surface area contributed by atoms with Gasteiger partial charge in [0.1, 0.15) is 0 Å². The molecule has 126 valence electrons. The van der Waals surface area contributed by atoms with Gasteiger partial charge in [-0.15, -0.1) is 0 Å². The first kappa shape index (κ1) is 17.9. The van der Waals surface area contributed by atoms with Gasteiger partial charge in [-0.25, -0.2) is 13.6 Å². The number of nitrogens with one attached hydrogen (secondary N) is 1. The number of nitrogens with zero attached hydrogens (tertiary/aromatic N) is 2. The summed E-state index contributed by atoms with van der Waals surface area (Å²) in [6, 6.07) is 17.8. The standard InChI is InChI=1S/C11H13N3.C6H7NO2S/c12-9-10-1-3-11(4-2-10)14-7-5-13-6-8-14;7-10(8,9)6-4-2-1-3-5-6/h1-4,13H,5-8H2;1-5H,(H2,7,8,9). The molecular formula is C17H20N4O2S. The summed E-state index contributed by atoms with van der Waals surface area (Å²) in [5.74, 6) is 0. The Morgan fingerprint density at radius 2 is 1.58 bits per heavy atom.